The van der Waals surface area contributed by atoms with E-state index in [1.54, 1.807) is 36.4 Å². The van der Waals surface area contributed by atoms with Crippen molar-refractivity contribution in [1.29, 1.82) is 0 Å². The number of hydrogen-bond donors (Lipinski definition) is 1. The lowest BCUT2D eigenvalue weighted by molar-refractivity contribution is -0.140. The van der Waals surface area contributed by atoms with Gasteiger partial charge in [0.1, 0.15) is 12.6 Å². The Balaban J connectivity index is 2.05. The fourth-order valence-electron chi connectivity index (χ4n) is 4.14. The molecule has 0 bridgehead atoms. The lowest BCUT2D eigenvalue weighted by Gasteiger charge is -2.33. The first kappa shape index (κ1) is 31.7. The van der Waals surface area contributed by atoms with Crippen molar-refractivity contribution in [3.8, 4) is 0 Å². The molecule has 0 aliphatic rings. The molecule has 0 aliphatic heterocycles. The second-order valence-electron chi connectivity index (χ2n) is 9.37. The van der Waals surface area contributed by atoms with Crippen LogP contribution in [-0.2, 0) is 32.6 Å². The zero-order valence-corrected chi connectivity index (χ0v) is 25.4. The van der Waals surface area contributed by atoms with Gasteiger partial charge in [-0.1, -0.05) is 90.6 Å². The summed E-state index contributed by atoms with van der Waals surface area (Å²) >= 11 is 18.5. The number of nitrogens with one attached hydrogen (secondary N) is 1. The van der Waals surface area contributed by atoms with Crippen LogP contribution in [0.1, 0.15) is 30.9 Å². The highest BCUT2D eigenvalue weighted by Gasteiger charge is 2.33. The van der Waals surface area contributed by atoms with E-state index in [0.29, 0.717) is 27.2 Å². The Hall–Kier alpha value is -2.78. The van der Waals surface area contributed by atoms with Crippen LogP contribution in [0.4, 0.5) is 5.69 Å². The summed E-state index contributed by atoms with van der Waals surface area (Å²) in [6, 6.07) is 19.6. The summed E-state index contributed by atoms with van der Waals surface area (Å²) in [5.41, 5.74) is 1.72. The molecular formula is C29H32Cl3N3O4S. The number of carbonyl (C=O) groups is 2. The highest BCUT2D eigenvalue weighted by molar-refractivity contribution is 7.92. The molecule has 0 aliphatic carbocycles. The van der Waals surface area contributed by atoms with Gasteiger partial charge in [0.25, 0.3) is 0 Å². The van der Waals surface area contributed by atoms with Gasteiger partial charge in [-0.05, 0) is 47.9 Å². The molecule has 3 aromatic rings. The van der Waals surface area contributed by atoms with Crippen LogP contribution < -0.4 is 9.62 Å². The minimum atomic E-state index is -3.88. The molecule has 0 saturated heterocycles. The third kappa shape index (κ3) is 9.13. The van der Waals surface area contributed by atoms with E-state index in [0.717, 1.165) is 29.0 Å². The summed E-state index contributed by atoms with van der Waals surface area (Å²) in [5, 5.41) is 3.92. The molecule has 0 fully saturated rings. The Bertz CT molecular complexity index is 1420. The predicted molar refractivity (Wildman–Crippen MR) is 163 cm³/mol. The van der Waals surface area contributed by atoms with E-state index in [-0.39, 0.29) is 24.6 Å². The number of carbonyl (C=O) groups excluding carboxylic acids is 2. The van der Waals surface area contributed by atoms with Gasteiger partial charge in [-0.15, -0.1) is 0 Å². The van der Waals surface area contributed by atoms with Gasteiger partial charge in [0.05, 0.1) is 22.0 Å². The first-order valence-corrected chi connectivity index (χ1v) is 15.8. The van der Waals surface area contributed by atoms with Gasteiger partial charge in [0, 0.05) is 24.5 Å². The topological polar surface area (TPSA) is 86.8 Å². The van der Waals surface area contributed by atoms with E-state index in [1.165, 1.54) is 11.0 Å². The predicted octanol–water partition coefficient (Wildman–Crippen LogP) is 5.97. The average Bonchev–Trinajstić information content (AvgIpc) is 2.91. The quantitative estimate of drug-likeness (QED) is 0.238. The van der Waals surface area contributed by atoms with Gasteiger partial charge in [-0.3, -0.25) is 13.9 Å². The van der Waals surface area contributed by atoms with Crippen molar-refractivity contribution in [1.82, 2.24) is 10.2 Å². The normalized spacial score (nSPS) is 12.0. The second-order valence-corrected chi connectivity index (χ2v) is 12.5. The lowest BCUT2D eigenvalue weighted by Crippen LogP contribution is -2.53. The van der Waals surface area contributed by atoms with Gasteiger partial charge >= 0.3 is 0 Å². The molecule has 3 rings (SSSR count). The number of nitrogens with zero attached hydrogens (tertiary/aromatic N) is 2. The Labute approximate surface area is 251 Å². The Morgan fingerprint density at radius 1 is 0.900 bits per heavy atom. The summed E-state index contributed by atoms with van der Waals surface area (Å²) in [6.45, 7) is 1.94. The molecule has 214 valence electrons. The van der Waals surface area contributed by atoms with E-state index < -0.39 is 28.5 Å². The van der Waals surface area contributed by atoms with Crippen LogP contribution in [0, 0.1) is 0 Å². The molecule has 0 saturated carbocycles. The third-order valence-electron chi connectivity index (χ3n) is 6.21. The molecule has 7 nitrogen and oxygen atoms in total. The highest BCUT2D eigenvalue weighted by atomic mass is 35.5. The van der Waals surface area contributed by atoms with Crippen molar-refractivity contribution in [2.24, 2.45) is 0 Å². The number of sulfonamides is 1. The average molecular weight is 625 g/mol. The SMILES string of the molecule is CCCCNC(=O)[C@H](Cc1ccccc1)N(Cc1ccc(Cl)c(Cl)c1)C(=O)CN(c1cccc(Cl)c1)S(C)(=O)=O. The molecule has 0 aromatic heterocycles. The molecule has 2 amide bonds. The van der Waals surface area contributed by atoms with Crippen molar-refractivity contribution in [2.75, 3.05) is 23.7 Å². The Kier molecular flexibility index (Phi) is 11.7. The fourth-order valence-corrected chi connectivity index (χ4v) is 5.49. The van der Waals surface area contributed by atoms with Gasteiger partial charge in [-0.2, -0.15) is 0 Å². The standard InChI is InChI=1S/C29H32Cl3N3O4S/c1-3-4-15-33-29(37)27(17-21-9-6-5-7-10-21)34(19-22-13-14-25(31)26(32)16-22)28(36)20-35(40(2,38)39)24-12-8-11-23(30)18-24/h5-14,16,18,27H,3-4,15,17,19-20H2,1-2H3,(H,33,37)/t27-/m0/s1. The van der Waals surface area contributed by atoms with Crippen LogP contribution in [0.3, 0.4) is 0 Å². The number of halogens is 3. The number of anilines is 1. The maximum atomic E-state index is 14.0. The summed E-state index contributed by atoms with van der Waals surface area (Å²) in [7, 11) is -3.88. The van der Waals surface area contributed by atoms with E-state index in [4.69, 9.17) is 34.8 Å². The largest absolute Gasteiger partial charge is 0.354 e. The van der Waals surface area contributed by atoms with Crippen molar-refractivity contribution < 1.29 is 18.0 Å². The molecule has 0 heterocycles. The molecule has 3 aromatic carbocycles. The molecule has 40 heavy (non-hydrogen) atoms. The van der Waals surface area contributed by atoms with Crippen LogP contribution in [0.2, 0.25) is 15.1 Å². The maximum absolute atomic E-state index is 14.0. The second kappa shape index (κ2) is 14.7. The van der Waals surface area contributed by atoms with Crippen molar-refractivity contribution in [3.05, 3.63) is 99.0 Å². The van der Waals surface area contributed by atoms with Crippen LogP contribution in [0.25, 0.3) is 0 Å². The number of unbranched alkanes of at least 4 members (excludes halogenated alkanes) is 1. The fraction of sp³-hybridized carbons (Fsp3) is 0.310. The molecular weight excluding hydrogens is 593 g/mol. The van der Waals surface area contributed by atoms with Crippen LogP contribution in [-0.4, -0.2) is 50.5 Å². The number of benzene rings is 3. The summed E-state index contributed by atoms with van der Waals surface area (Å²) in [6.07, 6.45) is 2.91. The van der Waals surface area contributed by atoms with Crippen molar-refractivity contribution in [3.63, 3.8) is 0 Å². The first-order valence-electron chi connectivity index (χ1n) is 12.8. The monoisotopic (exact) mass is 623 g/mol. The third-order valence-corrected chi connectivity index (χ3v) is 8.33. The van der Waals surface area contributed by atoms with Crippen molar-refractivity contribution in [2.45, 2.75) is 38.8 Å². The molecule has 0 spiro atoms. The molecule has 1 N–H and O–H groups in total. The number of amides is 2. The van der Waals surface area contributed by atoms with Crippen LogP contribution in [0.15, 0.2) is 72.8 Å². The number of hydrogen-bond acceptors (Lipinski definition) is 4. The molecule has 11 heteroatoms. The maximum Gasteiger partial charge on any atom is 0.244 e. The van der Waals surface area contributed by atoms with E-state index in [9.17, 15) is 18.0 Å². The Morgan fingerprint density at radius 3 is 2.25 bits per heavy atom. The molecule has 1 atom stereocenters. The van der Waals surface area contributed by atoms with E-state index in [1.807, 2.05) is 37.3 Å². The summed E-state index contributed by atoms with van der Waals surface area (Å²) in [5.74, 6) is -0.901. The summed E-state index contributed by atoms with van der Waals surface area (Å²) < 4.78 is 26.6. The van der Waals surface area contributed by atoms with Gasteiger partial charge < -0.3 is 10.2 Å². The van der Waals surface area contributed by atoms with Crippen LogP contribution in [0.5, 0.6) is 0 Å². The Morgan fingerprint density at radius 2 is 1.62 bits per heavy atom. The van der Waals surface area contributed by atoms with Crippen molar-refractivity contribution >= 4 is 62.3 Å². The summed E-state index contributed by atoms with van der Waals surface area (Å²) in [4.78, 5) is 29.0. The van der Waals surface area contributed by atoms with Gasteiger partial charge in [-0.25, -0.2) is 8.42 Å². The highest BCUT2D eigenvalue weighted by Crippen LogP contribution is 2.26. The zero-order valence-electron chi connectivity index (χ0n) is 22.3. The number of rotatable bonds is 13. The zero-order chi connectivity index (χ0) is 29.3. The van der Waals surface area contributed by atoms with E-state index >= 15 is 0 Å². The minimum absolute atomic E-state index is 0.00156. The smallest absolute Gasteiger partial charge is 0.244 e. The first-order chi connectivity index (χ1) is 19.0. The van der Waals surface area contributed by atoms with E-state index in [2.05, 4.69) is 5.32 Å². The van der Waals surface area contributed by atoms with Gasteiger partial charge in [0.15, 0.2) is 0 Å². The minimum Gasteiger partial charge on any atom is -0.354 e. The molecule has 0 unspecified atom stereocenters. The van der Waals surface area contributed by atoms with Gasteiger partial charge in [0.2, 0.25) is 21.8 Å². The molecule has 0 radical (unpaired) electrons. The lowest BCUT2D eigenvalue weighted by atomic mass is 10.0. The van der Waals surface area contributed by atoms with Crippen LogP contribution >= 0.6 is 34.8 Å².